The summed E-state index contributed by atoms with van der Waals surface area (Å²) in [5, 5.41) is 0. The summed E-state index contributed by atoms with van der Waals surface area (Å²) in [5.74, 6) is -0.662. The van der Waals surface area contributed by atoms with Gasteiger partial charge in [0.05, 0.1) is 13.1 Å². The Morgan fingerprint density at radius 3 is 2.52 bits per heavy atom. The van der Waals surface area contributed by atoms with Crippen molar-refractivity contribution in [3.63, 3.8) is 0 Å². The minimum absolute atomic E-state index is 0.204. The Labute approximate surface area is 129 Å². The Hall–Kier alpha value is -2.64. The van der Waals surface area contributed by atoms with Gasteiger partial charge < -0.3 is 9.64 Å². The highest BCUT2D eigenvalue weighted by atomic mass is 19.4. The van der Waals surface area contributed by atoms with Crippen LogP contribution in [0, 0.1) is 0 Å². The van der Waals surface area contributed by atoms with E-state index >= 15 is 0 Å². The van der Waals surface area contributed by atoms with E-state index in [0.717, 1.165) is 6.07 Å². The second kappa shape index (κ2) is 5.86. The van der Waals surface area contributed by atoms with E-state index in [1.165, 1.54) is 29.6 Å². The van der Waals surface area contributed by atoms with Crippen molar-refractivity contribution in [2.75, 3.05) is 13.1 Å². The van der Waals surface area contributed by atoms with E-state index in [2.05, 4.69) is 9.97 Å². The number of rotatable bonds is 3. The number of nitrogens with zero attached hydrogens (tertiary/aromatic N) is 3. The highest BCUT2D eigenvalue weighted by molar-refractivity contribution is 5.94. The topological polar surface area (TPSA) is 55.3 Å². The smallest absolute Gasteiger partial charge is 0.421 e. The second-order valence-electron chi connectivity index (χ2n) is 5.04. The number of pyridine rings is 2. The zero-order chi connectivity index (χ0) is 16.4. The molecule has 23 heavy (non-hydrogen) atoms. The maximum atomic E-state index is 12.9. The standard InChI is InChI=1S/C15H12F3N3O2/c16-15(17,18)12-2-1-5-20-13(12)23-11-8-21(9-11)14(22)10-3-6-19-7-4-10/h1-7,11H,8-9H2. The average molecular weight is 323 g/mol. The van der Waals surface area contributed by atoms with Gasteiger partial charge >= 0.3 is 6.18 Å². The lowest BCUT2D eigenvalue weighted by molar-refractivity contribution is -0.140. The normalized spacial score (nSPS) is 15.2. The van der Waals surface area contributed by atoms with Crippen LogP contribution in [0.4, 0.5) is 13.2 Å². The third-order valence-electron chi connectivity index (χ3n) is 3.42. The van der Waals surface area contributed by atoms with Gasteiger partial charge in [0.1, 0.15) is 11.7 Å². The third kappa shape index (κ3) is 3.25. The molecule has 2 aromatic heterocycles. The van der Waals surface area contributed by atoms with E-state index in [1.807, 2.05) is 0 Å². The van der Waals surface area contributed by atoms with E-state index in [9.17, 15) is 18.0 Å². The van der Waals surface area contributed by atoms with Crippen molar-refractivity contribution < 1.29 is 22.7 Å². The van der Waals surface area contributed by atoms with Gasteiger partial charge in [-0.05, 0) is 24.3 Å². The van der Waals surface area contributed by atoms with Crippen LogP contribution in [0.3, 0.4) is 0 Å². The van der Waals surface area contributed by atoms with E-state index in [4.69, 9.17) is 4.74 Å². The van der Waals surface area contributed by atoms with Crippen molar-refractivity contribution >= 4 is 5.91 Å². The van der Waals surface area contributed by atoms with Gasteiger partial charge in [-0.3, -0.25) is 9.78 Å². The molecule has 1 saturated heterocycles. The summed E-state index contributed by atoms with van der Waals surface area (Å²) < 4.78 is 43.9. The highest BCUT2D eigenvalue weighted by Gasteiger charge is 2.38. The van der Waals surface area contributed by atoms with E-state index in [1.54, 1.807) is 12.1 Å². The molecule has 1 amide bonds. The largest absolute Gasteiger partial charge is 0.470 e. The summed E-state index contributed by atoms with van der Waals surface area (Å²) in [6, 6.07) is 5.28. The fourth-order valence-corrected chi connectivity index (χ4v) is 2.21. The van der Waals surface area contributed by atoms with Crippen LogP contribution in [-0.4, -0.2) is 40.0 Å². The summed E-state index contributed by atoms with van der Waals surface area (Å²) in [5.41, 5.74) is -0.439. The van der Waals surface area contributed by atoms with Gasteiger partial charge in [0, 0.05) is 24.2 Å². The molecular weight excluding hydrogens is 311 g/mol. The van der Waals surface area contributed by atoms with Crippen LogP contribution in [0.25, 0.3) is 0 Å². The van der Waals surface area contributed by atoms with Gasteiger partial charge in [-0.2, -0.15) is 13.2 Å². The monoisotopic (exact) mass is 323 g/mol. The number of hydrogen-bond acceptors (Lipinski definition) is 4. The van der Waals surface area contributed by atoms with Crippen molar-refractivity contribution in [2.24, 2.45) is 0 Å². The van der Waals surface area contributed by atoms with Gasteiger partial charge in [-0.15, -0.1) is 0 Å². The van der Waals surface area contributed by atoms with Gasteiger partial charge in [-0.1, -0.05) is 0 Å². The van der Waals surface area contributed by atoms with E-state index < -0.39 is 23.7 Å². The predicted molar refractivity (Wildman–Crippen MR) is 73.8 cm³/mol. The van der Waals surface area contributed by atoms with Crippen molar-refractivity contribution in [2.45, 2.75) is 12.3 Å². The maximum Gasteiger partial charge on any atom is 0.421 e. The number of halogens is 3. The molecule has 3 heterocycles. The molecular formula is C15H12F3N3O2. The van der Waals surface area contributed by atoms with Crippen LogP contribution in [0.15, 0.2) is 42.9 Å². The molecule has 0 saturated carbocycles. The number of carbonyl (C=O) groups excluding carboxylic acids is 1. The van der Waals surface area contributed by atoms with E-state index in [0.29, 0.717) is 5.56 Å². The van der Waals surface area contributed by atoms with Crippen LogP contribution >= 0.6 is 0 Å². The molecule has 1 aliphatic heterocycles. The third-order valence-corrected chi connectivity index (χ3v) is 3.42. The average Bonchev–Trinajstić information content (AvgIpc) is 2.50. The Morgan fingerprint density at radius 1 is 1.17 bits per heavy atom. The van der Waals surface area contributed by atoms with Crippen molar-refractivity contribution in [3.05, 3.63) is 54.0 Å². The lowest BCUT2D eigenvalue weighted by Crippen LogP contribution is -2.56. The summed E-state index contributed by atoms with van der Waals surface area (Å²) in [6.07, 6.45) is -0.783. The minimum atomic E-state index is -4.53. The lowest BCUT2D eigenvalue weighted by Gasteiger charge is -2.38. The van der Waals surface area contributed by atoms with Gasteiger partial charge in [0.15, 0.2) is 0 Å². The number of likely N-dealkylation sites (tertiary alicyclic amines) is 1. The van der Waals surface area contributed by atoms with Gasteiger partial charge in [-0.25, -0.2) is 4.98 Å². The molecule has 3 rings (SSSR count). The zero-order valence-electron chi connectivity index (χ0n) is 11.8. The molecule has 0 N–H and O–H groups in total. The molecule has 0 aromatic carbocycles. The summed E-state index contributed by atoms with van der Waals surface area (Å²) in [6.45, 7) is 0.435. The Morgan fingerprint density at radius 2 is 1.87 bits per heavy atom. The summed E-state index contributed by atoms with van der Waals surface area (Å²) in [7, 11) is 0. The minimum Gasteiger partial charge on any atom is -0.470 e. The molecule has 0 atom stereocenters. The molecule has 2 aromatic rings. The molecule has 5 nitrogen and oxygen atoms in total. The number of amides is 1. The number of aromatic nitrogens is 2. The van der Waals surface area contributed by atoms with Crippen molar-refractivity contribution in [3.8, 4) is 5.88 Å². The van der Waals surface area contributed by atoms with Crippen LogP contribution in [0.5, 0.6) is 5.88 Å². The van der Waals surface area contributed by atoms with Crippen LogP contribution < -0.4 is 4.74 Å². The maximum absolute atomic E-state index is 12.9. The first-order chi connectivity index (χ1) is 10.9. The van der Waals surface area contributed by atoms with Gasteiger partial charge in [0.2, 0.25) is 5.88 Å². The first kappa shape index (κ1) is 15.3. The Bertz CT molecular complexity index is 701. The van der Waals surface area contributed by atoms with Crippen molar-refractivity contribution in [1.29, 1.82) is 0 Å². The van der Waals surface area contributed by atoms with Gasteiger partial charge in [0.25, 0.3) is 5.91 Å². The molecule has 0 radical (unpaired) electrons. The summed E-state index contributed by atoms with van der Waals surface area (Å²) in [4.78, 5) is 21.1. The number of hydrogen-bond donors (Lipinski definition) is 0. The molecule has 1 aliphatic rings. The predicted octanol–water partition coefficient (Wildman–Crippen LogP) is 2.40. The SMILES string of the molecule is O=C(c1ccncc1)N1CC(Oc2ncccc2C(F)(F)F)C1. The molecule has 0 spiro atoms. The zero-order valence-corrected chi connectivity index (χ0v) is 11.8. The first-order valence-electron chi connectivity index (χ1n) is 6.83. The Balaban J connectivity index is 1.62. The Kier molecular flexibility index (Phi) is 3.89. The molecule has 1 fully saturated rings. The van der Waals surface area contributed by atoms with E-state index in [-0.39, 0.29) is 19.0 Å². The lowest BCUT2D eigenvalue weighted by atomic mass is 10.1. The molecule has 0 aliphatic carbocycles. The highest BCUT2D eigenvalue weighted by Crippen LogP contribution is 2.35. The number of alkyl halides is 3. The van der Waals surface area contributed by atoms with Crippen LogP contribution in [0.2, 0.25) is 0 Å². The number of carbonyl (C=O) groups is 1. The number of ether oxygens (including phenoxy) is 1. The van der Waals surface area contributed by atoms with Crippen LogP contribution in [-0.2, 0) is 6.18 Å². The fourth-order valence-electron chi connectivity index (χ4n) is 2.21. The van der Waals surface area contributed by atoms with Crippen molar-refractivity contribution in [1.82, 2.24) is 14.9 Å². The van der Waals surface area contributed by atoms with Crippen LogP contribution in [0.1, 0.15) is 15.9 Å². The first-order valence-corrected chi connectivity index (χ1v) is 6.83. The molecule has 0 unspecified atom stereocenters. The quantitative estimate of drug-likeness (QED) is 0.870. The molecule has 0 bridgehead atoms. The molecule has 120 valence electrons. The second-order valence-corrected chi connectivity index (χ2v) is 5.04. The fraction of sp³-hybridized carbons (Fsp3) is 0.267. The summed E-state index contributed by atoms with van der Waals surface area (Å²) >= 11 is 0. The molecule has 8 heteroatoms.